The highest BCUT2D eigenvalue weighted by atomic mass is 31.3. The van der Waals surface area contributed by atoms with Gasteiger partial charge in [0.05, 0.1) is 45.6 Å². The van der Waals surface area contributed by atoms with E-state index in [1.165, 1.54) is 34.1 Å². The van der Waals surface area contributed by atoms with Gasteiger partial charge >= 0.3 is 29.1 Å². The van der Waals surface area contributed by atoms with E-state index in [2.05, 4.69) is 53.8 Å². The van der Waals surface area contributed by atoms with Gasteiger partial charge in [-0.15, -0.1) is 0 Å². The number of hydrogen-bond acceptors (Lipinski definition) is 30. The second kappa shape index (κ2) is 22.0. The predicted molar refractivity (Wildman–Crippen MR) is 253 cm³/mol. The van der Waals surface area contributed by atoms with E-state index in [-0.39, 0.29) is 51.2 Å². The summed E-state index contributed by atoms with van der Waals surface area (Å²) in [6.45, 7) is -3.42. The number of carbonyl (C=O) groups excluding carboxylic acids is 1. The summed E-state index contributed by atoms with van der Waals surface area (Å²) in [7, 11) is -20.0. The first-order chi connectivity index (χ1) is 37.1. The molecular formula is C35H48N16O24P4. The van der Waals surface area contributed by atoms with Crippen molar-refractivity contribution in [3.8, 4) is 0 Å². The van der Waals surface area contributed by atoms with Crippen molar-refractivity contribution < 1.29 is 108 Å². The van der Waals surface area contributed by atoms with E-state index in [9.17, 15) is 67.5 Å². The maximum atomic E-state index is 13.6. The highest BCUT2D eigenvalue weighted by Gasteiger charge is 2.53. The lowest BCUT2D eigenvalue weighted by molar-refractivity contribution is -0.745. The number of nitrogen functional groups attached to an aromatic ring is 3. The summed E-state index contributed by atoms with van der Waals surface area (Å²) < 4.78 is 110. The highest BCUT2D eigenvalue weighted by Crippen LogP contribution is 2.68. The molecule has 0 spiro atoms. The normalized spacial score (nSPS) is 29.4. The molecule has 6 aromatic heterocycles. The molecule has 0 saturated carbocycles. The minimum atomic E-state index is -6.24. The van der Waals surface area contributed by atoms with Crippen molar-refractivity contribution in [3.63, 3.8) is 0 Å². The third-order valence-corrected chi connectivity index (χ3v) is 17.7. The average Bonchev–Trinajstić information content (AvgIpc) is 4.35. The molecule has 79 heavy (non-hydrogen) atoms. The second-order valence-electron chi connectivity index (χ2n) is 17.5. The topological polar surface area (TPSA) is 574 Å². The van der Waals surface area contributed by atoms with Crippen LogP contribution in [0, 0.1) is 5.92 Å². The Labute approximate surface area is 438 Å². The molecule has 16 atom stereocenters. The Morgan fingerprint density at radius 2 is 1.38 bits per heavy atom. The summed E-state index contributed by atoms with van der Waals surface area (Å²) in [4.78, 5) is 111. The van der Waals surface area contributed by atoms with Crippen molar-refractivity contribution in [2.75, 3.05) is 51.2 Å². The summed E-state index contributed by atoms with van der Waals surface area (Å²) in [5.41, 5.74) is 15.5. The molecule has 1 amide bonds. The number of phosphoric acid groups is 4. The molecule has 40 nitrogen and oxygen atoms in total. The van der Waals surface area contributed by atoms with E-state index in [1.54, 1.807) is 0 Å². The first-order valence-electron chi connectivity index (χ1n) is 22.6. The van der Waals surface area contributed by atoms with Crippen molar-refractivity contribution in [3.05, 3.63) is 46.0 Å². The number of fused-ring (bicyclic) bond motifs is 3. The zero-order valence-corrected chi connectivity index (χ0v) is 44.2. The van der Waals surface area contributed by atoms with Crippen LogP contribution >= 0.6 is 31.3 Å². The van der Waals surface area contributed by atoms with Crippen LogP contribution in [0.5, 0.6) is 0 Å². The fourth-order valence-corrected chi connectivity index (χ4v) is 13.4. The van der Waals surface area contributed by atoms with Crippen LogP contribution < -0.4 is 43.1 Å². The number of nitrogens with zero attached hydrogens (tertiary/aromatic N) is 10. The molecule has 9 heterocycles. The summed E-state index contributed by atoms with van der Waals surface area (Å²) in [5, 5.41) is 35.5. The number of aromatic nitrogens is 12. The van der Waals surface area contributed by atoms with Crippen molar-refractivity contribution in [2.24, 2.45) is 13.0 Å². The molecule has 0 aromatic carbocycles. The lowest BCUT2D eigenvalue weighted by Crippen LogP contribution is -2.45. The third kappa shape index (κ3) is 11.9. The second-order valence-corrected chi connectivity index (χ2v) is 23.5. The number of anilines is 3. The summed E-state index contributed by atoms with van der Waals surface area (Å²) in [6, 6.07) is 0. The molecule has 9 rings (SSSR count). The SMILES string of the molecule is CNC(=O)C[C@@H]1[C@@H](COP(=O)(O)OP(=O)(O)OP(=O)(O)OC[C@H]2O[C@@H](n3cnc4c(N)ncnc43)[C@H](OC)[C@@H]2OP(=O)([O-])OC[C@H]2O[C@@H](n3cnc4c(=O)[nH]c(N)nc43)[C@H](O)[C@@H]2O)OC([n+]2cn(C)c3c(=O)[nH]c(N)nc32)[C@@H]1O. The van der Waals surface area contributed by atoms with E-state index in [1.807, 2.05) is 0 Å². The van der Waals surface area contributed by atoms with Crippen LogP contribution in [0.2, 0.25) is 0 Å². The fraction of sp³-hybridized carbons (Fsp3) is 0.543. The van der Waals surface area contributed by atoms with Gasteiger partial charge in [0.2, 0.25) is 23.6 Å². The van der Waals surface area contributed by atoms with Gasteiger partial charge in [-0.3, -0.25) is 51.7 Å². The number of methoxy groups -OCH3 is 1. The quantitative estimate of drug-likeness (QED) is 0.0237. The van der Waals surface area contributed by atoms with Crippen LogP contribution in [0.1, 0.15) is 25.1 Å². The molecule has 6 aromatic rings. The first-order valence-corrected chi connectivity index (χ1v) is 28.5. The molecule has 3 aliphatic rings. The van der Waals surface area contributed by atoms with E-state index >= 15 is 0 Å². The molecule has 0 radical (unpaired) electrons. The Balaban J connectivity index is 0.876. The maximum Gasteiger partial charge on any atom is 0.490 e. The van der Waals surface area contributed by atoms with Crippen LogP contribution in [-0.2, 0) is 75.8 Å². The Bertz CT molecular complexity index is 3620. The van der Waals surface area contributed by atoms with Crippen LogP contribution in [0.4, 0.5) is 17.7 Å². The van der Waals surface area contributed by atoms with Crippen molar-refractivity contribution in [1.29, 1.82) is 0 Å². The summed E-state index contributed by atoms with van der Waals surface area (Å²) in [6.07, 6.45) is -14.3. The van der Waals surface area contributed by atoms with Crippen LogP contribution in [-0.4, -0.2) is 172 Å². The number of imidazole rings is 3. The third-order valence-electron chi connectivity index (χ3n) is 12.4. The number of rotatable bonds is 21. The minimum Gasteiger partial charge on any atom is -0.756 e. The number of phosphoric ester groups is 3. The molecule has 3 saturated heterocycles. The van der Waals surface area contributed by atoms with Gasteiger partial charge in [0, 0.05) is 26.5 Å². The number of amides is 1. The molecule has 0 bridgehead atoms. The lowest BCUT2D eigenvalue weighted by atomic mass is 9.94. The Kier molecular flexibility index (Phi) is 16.2. The maximum absolute atomic E-state index is 13.6. The summed E-state index contributed by atoms with van der Waals surface area (Å²) >= 11 is 0. The first kappa shape index (κ1) is 58.0. The molecular weight excluding hydrogens is 1150 g/mol. The standard InChI is InChI=1S/C35H48N16O24P4/c1-39-16(52)4-12-13(70-31(20(12)53)51-11-48(2)19-28(51)45-35(38)47-30(19)57)5-68-77(60,61)74-79(64,65)75-78(62,63)69-7-15-23(24(66-3)33(72-15)49-9-42-17-25(36)40-8-41-26(17)49)73-76(58,59)67-6-14-21(54)22(55)32(71-14)50-10-43-18-27(50)44-34(37)46-29(18)56/h8-15,20-24,31-33,53-55H,4-7H2,1-3H3,(H12-,36,37,38,39,40,41,44,45,46,47,52,56,57,58,59,60,61,62,63,64,65)/t12-,13-,14-,15-,20-,21-,22-,23-,24-,31?,32-,33-/m1/s1. The van der Waals surface area contributed by atoms with Gasteiger partial charge in [-0.25, -0.2) is 38.2 Å². The number of aliphatic hydroxyl groups excluding tert-OH is 3. The number of H-pyrrole nitrogens is 2. The van der Waals surface area contributed by atoms with E-state index in [0.29, 0.717) is 0 Å². The van der Waals surface area contributed by atoms with Gasteiger partial charge in [-0.1, -0.05) is 4.98 Å². The Morgan fingerprint density at radius 3 is 2.05 bits per heavy atom. The zero-order valence-electron chi connectivity index (χ0n) is 40.6. The summed E-state index contributed by atoms with van der Waals surface area (Å²) in [5.74, 6) is -2.63. The number of aromatic amines is 2. The molecule has 0 aliphatic carbocycles. The van der Waals surface area contributed by atoms with Crippen molar-refractivity contribution in [1.82, 2.24) is 58.9 Å². The molecule has 432 valence electrons. The van der Waals surface area contributed by atoms with Gasteiger partial charge in [0.15, 0.2) is 41.4 Å². The zero-order chi connectivity index (χ0) is 57.3. The molecule has 15 N–H and O–H groups in total. The number of ether oxygens (including phenoxy) is 4. The van der Waals surface area contributed by atoms with Crippen LogP contribution in [0.25, 0.3) is 33.5 Å². The average molecular weight is 1200 g/mol. The number of aryl methyl sites for hydroxylation is 1. The minimum absolute atomic E-state index is 0.0119. The fourth-order valence-electron chi connectivity index (χ4n) is 8.94. The number of hydrogen-bond donors (Lipinski definition) is 12. The van der Waals surface area contributed by atoms with Crippen molar-refractivity contribution in [2.45, 2.75) is 73.9 Å². The van der Waals surface area contributed by atoms with Gasteiger partial charge in [-0.05, 0) is 0 Å². The van der Waals surface area contributed by atoms with Gasteiger partial charge in [-0.2, -0.15) is 13.6 Å². The van der Waals surface area contributed by atoms with Crippen LogP contribution in [0.15, 0.2) is 34.9 Å². The number of aliphatic hydroxyl groups is 3. The molecule has 5 unspecified atom stereocenters. The van der Waals surface area contributed by atoms with Gasteiger partial charge in [0.1, 0.15) is 54.6 Å². The molecule has 44 heteroatoms. The predicted octanol–water partition coefficient (Wildman–Crippen LogP) is -4.95. The smallest absolute Gasteiger partial charge is 0.490 e. The van der Waals surface area contributed by atoms with Crippen molar-refractivity contribution >= 4 is 88.4 Å². The Morgan fingerprint density at radius 1 is 0.772 bits per heavy atom. The van der Waals surface area contributed by atoms with Crippen LogP contribution in [0.3, 0.4) is 0 Å². The lowest BCUT2D eigenvalue weighted by Gasteiger charge is -2.31. The Hall–Kier alpha value is -5.64. The number of nitrogens with one attached hydrogen (secondary N) is 3. The molecule has 3 fully saturated rings. The highest BCUT2D eigenvalue weighted by molar-refractivity contribution is 7.66. The monoisotopic (exact) mass is 1200 g/mol. The van der Waals surface area contributed by atoms with Gasteiger partial charge in [0.25, 0.3) is 24.9 Å². The number of carbonyl (C=O) groups is 1. The molecule has 3 aliphatic heterocycles. The number of nitrogens with two attached hydrogens (primary N) is 3. The van der Waals surface area contributed by atoms with E-state index in [4.69, 9.17) is 54.2 Å². The van der Waals surface area contributed by atoms with Gasteiger partial charge < -0.3 is 85.4 Å². The largest absolute Gasteiger partial charge is 0.756 e. The van der Waals surface area contributed by atoms with E-state index < -0.39 is 148 Å². The van der Waals surface area contributed by atoms with E-state index in [0.717, 1.165) is 30.7 Å².